The smallest absolute Gasteiger partial charge is 0.141 e. The first-order valence-electron chi connectivity index (χ1n) is 3.12. The van der Waals surface area contributed by atoms with E-state index in [2.05, 4.69) is 34.6 Å². The van der Waals surface area contributed by atoms with Gasteiger partial charge < -0.3 is 0 Å². The molecule has 4 heteroatoms. The van der Waals surface area contributed by atoms with Crippen LogP contribution < -0.4 is 0 Å². The predicted molar refractivity (Wildman–Crippen MR) is 50.2 cm³/mol. The molecule has 0 aliphatic carbocycles. The zero-order valence-corrected chi connectivity index (χ0v) is 8.56. The lowest BCUT2D eigenvalue weighted by Gasteiger charge is -1.93. The number of hydrogen-bond donors (Lipinski definition) is 0. The van der Waals surface area contributed by atoms with Gasteiger partial charge in [-0.25, -0.2) is 0 Å². The van der Waals surface area contributed by atoms with Crippen molar-refractivity contribution in [3.8, 4) is 0 Å². The largest absolute Gasteiger partial charge is 0.270 e. The summed E-state index contributed by atoms with van der Waals surface area (Å²) in [5, 5.41) is 4.92. The lowest BCUT2D eigenvalue weighted by Crippen LogP contribution is -1.96. The molecule has 0 aliphatic rings. The Hall–Kier alpha value is 0.230. The SMILES string of the molecule is CCCn1cc(Cl)c(I)n1. The average molecular weight is 271 g/mol. The Kier molecular flexibility index (Phi) is 2.97. The van der Waals surface area contributed by atoms with Crippen molar-refractivity contribution >= 4 is 34.2 Å². The number of rotatable bonds is 2. The molecule has 1 aromatic rings. The van der Waals surface area contributed by atoms with Gasteiger partial charge >= 0.3 is 0 Å². The minimum Gasteiger partial charge on any atom is -0.270 e. The maximum Gasteiger partial charge on any atom is 0.141 e. The Balaban J connectivity index is 2.77. The second-order valence-corrected chi connectivity index (χ2v) is 3.46. The fourth-order valence-corrected chi connectivity index (χ4v) is 1.28. The summed E-state index contributed by atoms with van der Waals surface area (Å²) in [6.07, 6.45) is 2.95. The Labute approximate surface area is 78.7 Å². The summed E-state index contributed by atoms with van der Waals surface area (Å²) in [6, 6.07) is 0. The first-order chi connectivity index (χ1) is 4.74. The molecule has 10 heavy (non-hydrogen) atoms. The van der Waals surface area contributed by atoms with Crippen molar-refractivity contribution in [3.05, 3.63) is 14.9 Å². The normalized spacial score (nSPS) is 10.3. The Bertz CT molecular complexity index is 202. The summed E-state index contributed by atoms with van der Waals surface area (Å²) in [4.78, 5) is 0. The van der Waals surface area contributed by atoms with Crippen molar-refractivity contribution in [3.63, 3.8) is 0 Å². The number of hydrogen-bond acceptors (Lipinski definition) is 1. The topological polar surface area (TPSA) is 17.8 Å². The molecule has 1 heterocycles. The van der Waals surface area contributed by atoms with Crippen LogP contribution in [0.3, 0.4) is 0 Å². The quantitative estimate of drug-likeness (QED) is 0.755. The molecule has 0 saturated carbocycles. The average Bonchev–Trinajstić information content (AvgIpc) is 2.14. The number of aryl methyl sites for hydroxylation is 1. The van der Waals surface area contributed by atoms with Gasteiger partial charge in [-0.3, -0.25) is 4.68 Å². The van der Waals surface area contributed by atoms with Gasteiger partial charge in [0, 0.05) is 12.7 Å². The van der Waals surface area contributed by atoms with Gasteiger partial charge in [0.1, 0.15) is 3.70 Å². The molecule has 0 saturated heterocycles. The molecule has 0 aliphatic heterocycles. The van der Waals surface area contributed by atoms with Gasteiger partial charge in [-0.1, -0.05) is 18.5 Å². The highest BCUT2D eigenvalue weighted by molar-refractivity contribution is 14.1. The molecule has 0 fully saturated rings. The van der Waals surface area contributed by atoms with Gasteiger partial charge in [0.15, 0.2) is 0 Å². The van der Waals surface area contributed by atoms with E-state index in [-0.39, 0.29) is 0 Å². The van der Waals surface area contributed by atoms with Crippen LogP contribution in [0, 0.1) is 3.70 Å². The lowest BCUT2D eigenvalue weighted by atomic mass is 10.5. The fraction of sp³-hybridized carbons (Fsp3) is 0.500. The van der Waals surface area contributed by atoms with E-state index >= 15 is 0 Å². The summed E-state index contributed by atoms with van der Waals surface area (Å²) < 4.78 is 2.75. The van der Waals surface area contributed by atoms with Crippen molar-refractivity contribution in [1.82, 2.24) is 9.78 Å². The van der Waals surface area contributed by atoms with Crippen LogP contribution in [0.1, 0.15) is 13.3 Å². The second kappa shape index (κ2) is 3.57. The molecule has 0 unspecified atom stereocenters. The second-order valence-electron chi connectivity index (χ2n) is 2.03. The van der Waals surface area contributed by atoms with Gasteiger partial charge in [-0.15, -0.1) is 0 Å². The first-order valence-corrected chi connectivity index (χ1v) is 4.58. The van der Waals surface area contributed by atoms with Crippen LogP contribution in [0.5, 0.6) is 0 Å². The zero-order valence-electron chi connectivity index (χ0n) is 5.64. The minimum absolute atomic E-state index is 0.744. The van der Waals surface area contributed by atoms with Crippen molar-refractivity contribution < 1.29 is 0 Å². The third kappa shape index (κ3) is 1.85. The highest BCUT2D eigenvalue weighted by Crippen LogP contribution is 2.15. The molecule has 0 aromatic carbocycles. The molecule has 56 valence electrons. The summed E-state index contributed by atoms with van der Waals surface area (Å²) >= 11 is 7.90. The van der Waals surface area contributed by atoms with Gasteiger partial charge in [0.2, 0.25) is 0 Å². The molecular formula is C6H8ClIN2. The molecule has 2 nitrogen and oxygen atoms in total. The molecular weight excluding hydrogens is 262 g/mol. The number of halogens is 2. The van der Waals surface area contributed by atoms with E-state index in [0.717, 1.165) is 21.7 Å². The van der Waals surface area contributed by atoms with Gasteiger partial charge in [-0.05, 0) is 29.0 Å². The van der Waals surface area contributed by atoms with Crippen molar-refractivity contribution in [2.45, 2.75) is 19.9 Å². The van der Waals surface area contributed by atoms with Crippen LogP contribution in [0.15, 0.2) is 6.20 Å². The fourth-order valence-electron chi connectivity index (χ4n) is 0.717. The van der Waals surface area contributed by atoms with E-state index in [1.165, 1.54) is 0 Å². The van der Waals surface area contributed by atoms with E-state index < -0.39 is 0 Å². The summed E-state index contributed by atoms with van der Waals surface area (Å²) in [6.45, 7) is 3.06. The van der Waals surface area contributed by atoms with E-state index in [1.807, 2.05) is 10.9 Å². The van der Waals surface area contributed by atoms with Gasteiger partial charge in [0.05, 0.1) is 5.02 Å². The van der Waals surface area contributed by atoms with Crippen LogP contribution in [0.25, 0.3) is 0 Å². The van der Waals surface area contributed by atoms with Crippen LogP contribution in [-0.4, -0.2) is 9.78 Å². The third-order valence-corrected chi connectivity index (χ3v) is 2.52. The highest BCUT2D eigenvalue weighted by Gasteiger charge is 2.00. The van der Waals surface area contributed by atoms with Crippen LogP contribution >= 0.6 is 34.2 Å². The monoisotopic (exact) mass is 270 g/mol. The summed E-state index contributed by atoms with van der Waals surface area (Å²) in [5.74, 6) is 0. The van der Waals surface area contributed by atoms with E-state index in [0.29, 0.717) is 0 Å². The molecule has 0 atom stereocenters. The molecule has 1 aromatic heterocycles. The molecule has 1 rings (SSSR count). The number of nitrogens with zero attached hydrogens (tertiary/aromatic N) is 2. The Morgan fingerprint density at radius 2 is 2.50 bits per heavy atom. The first kappa shape index (κ1) is 8.33. The van der Waals surface area contributed by atoms with Crippen LogP contribution in [0.4, 0.5) is 0 Å². The molecule has 0 amide bonds. The summed E-state index contributed by atoms with van der Waals surface area (Å²) in [5.41, 5.74) is 0. The Morgan fingerprint density at radius 1 is 1.80 bits per heavy atom. The minimum atomic E-state index is 0.744. The van der Waals surface area contributed by atoms with Gasteiger partial charge in [0.25, 0.3) is 0 Å². The highest BCUT2D eigenvalue weighted by atomic mass is 127. The molecule has 0 radical (unpaired) electrons. The maximum atomic E-state index is 5.77. The van der Waals surface area contributed by atoms with Crippen molar-refractivity contribution in [2.24, 2.45) is 0 Å². The Morgan fingerprint density at radius 3 is 2.90 bits per heavy atom. The lowest BCUT2D eigenvalue weighted by molar-refractivity contribution is 0.599. The van der Waals surface area contributed by atoms with Crippen LogP contribution in [0.2, 0.25) is 5.02 Å². The number of aromatic nitrogens is 2. The molecule has 0 spiro atoms. The predicted octanol–water partition coefficient (Wildman–Crippen LogP) is 2.55. The maximum absolute atomic E-state index is 5.77. The van der Waals surface area contributed by atoms with Crippen LogP contribution in [-0.2, 0) is 6.54 Å². The van der Waals surface area contributed by atoms with E-state index in [4.69, 9.17) is 11.6 Å². The zero-order chi connectivity index (χ0) is 7.56. The van der Waals surface area contributed by atoms with E-state index in [9.17, 15) is 0 Å². The molecule has 0 N–H and O–H groups in total. The molecule has 0 bridgehead atoms. The van der Waals surface area contributed by atoms with E-state index in [1.54, 1.807) is 0 Å². The van der Waals surface area contributed by atoms with Crippen molar-refractivity contribution in [2.75, 3.05) is 0 Å². The van der Waals surface area contributed by atoms with Crippen molar-refractivity contribution in [1.29, 1.82) is 0 Å². The summed E-state index contributed by atoms with van der Waals surface area (Å²) in [7, 11) is 0. The third-order valence-electron chi connectivity index (χ3n) is 1.13. The standard InChI is InChI=1S/C6H8ClIN2/c1-2-3-10-4-5(7)6(8)9-10/h4H,2-3H2,1H3. The van der Waals surface area contributed by atoms with Gasteiger partial charge in [-0.2, -0.15) is 5.10 Å².